The molecule has 3 atom stereocenters. The van der Waals surface area contributed by atoms with Crippen LogP contribution < -0.4 is 0 Å². The molecule has 3 nitrogen and oxygen atoms in total. The first kappa shape index (κ1) is 14.8. The van der Waals surface area contributed by atoms with Crippen LogP contribution >= 0.6 is 0 Å². The smallest absolute Gasteiger partial charge is 0.156 e. The summed E-state index contributed by atoms with van der Waals surface area (Å²) >= 11 is 0. The molecule has 0 amide bonds. The quantitative estimate of drug-likeness (QED) is 0.747. The number of nitrogens with zero attached hydrogens (tertiary/aromatic N) is 1. The van der Waals surface area contributed by atoms with Crippen LogP contribution in [-0.4, -0.2) is 42.9 Å². The van der Waals surface area contributed by atoms with Gasteiger partial charge in [-0.3, -0.25) is 4.90 Å². The second-order valence-electron chi connectivity index (χ2n) is 8.28. The Hall–Kier alpha value is -0.0900. The van der Waals surface area contributed by atoms with Crippen molar-refractivity contribution in [3.05, 3.63) is 0 Å². The second kappa shape index (κ2) is 4.70. The van der Waals surface area contributed by atoms with E-state index in [1.54, 1.807) is 0 Å². The van der Waals surface area contributed by atoms with Crippen molar-refractivity contribution in [2.45, 2.75) is 70.1 Å². The van der Waals surface area contributed by atoms with Gasteiger partial charge in [-0.2, -0.15) is 0 Å². The predicted octanol–water partition coefficient (Wildman–Crippen LogP) is 2.85. The van der Waals surface area contributed by atoms with Gasteiger partial charge in [-0.15, -0.1) is 0 Å². The number of likely N-dealkylation sites (tertiary alicyclic amines) is 1. The zero-order valence-corrected chi connectivity index (χ0v) is 14.0. The van der Waals surface area contributed by atoms with Gasteiger partial charge in [-0.05, 0) is 56.5 Å². The summed E-state index contributed by atoms with van der Waals surface area (Å²) < 4.78 is 24.7. The Balaban J connectivity index is 1.83. The number of sulfone groups is 1. The molecule has 0 spiro atoms. The minimum absolute atomic E-state index is 0.0149. The molecule has 3 fully saturated rings. The Morgan fingerprint density at radius 1 is 1.10 bits per heavy atom. The van der Waals surface area contributed by atoms with Crippen molar-refractivity contribution in [2.75, 3.05) is 18.8 Å². The Morgan fingerprint density at radius 2 is 1.75 bits per heavy atom. The third kappa shape index (κ3) is 2.23. The van der Waals surface area contributed by atoms with E-state index in [2.05, 4.69) is 25.7 Å². The molecule has 0 N–H and O–H groups in total. The van der Waals surface area contributed by atoms with E-state index in [1.165, 1.54) is 25.7 Å². The third-order valence-electron chi connectivity index (χ3n) is 6.12. The third-order valence-corrected chi connectivity index (χ3v) is 8.52. The molecule has 4 heteroatoms. The lowest BCUT2D eigenvalue weighted by atomic mass is 9.66. The van der Waals surface area contributed by atoms with Crippen LogP contribution in [0.2, 0.25) is 0 Å². The number of rotatable bonds is 1. The number of hydrogen-bond donors (Lipinski definition) is 0. The Kier molecular flexibility index (Phi) is 3.49. The van der Waals surface area contributed by atoms with Gasteiger partial charge in [-0.1, -0.05) is 27.2 Å². The molecular formula is C16H29NO2S. The van der Waals surface area contributed by atoms with Gasteiger partial charge in [0.2, 0.25) is 0 Å². The van der Waals surface area contributed by atoms with E-state index in [-0.39, 0.29) is 16.2 Å². The van der Waals surface area contributed by atoms with E-state index in [9.17, 15) is 8.42 Å². The molecule has 0 radical (unpaired) electrons. The number of hydrogen-bond acceptors (Lipinski definition) is 3. The maximum absolute atomic E-state index is 12.3. The highest BCUT2D eigenvalue weighted by Crippen LogP contribution is 2.52. The van der Waals surface area contributed by atoms with Gasteiger partial charge < -0.3 is 0 Å². The highest BCUT2D eigenvalue weighted by molar-refractivity contribution is 7.93. The van der Waals surface area contributed by atoms with Gasteiger partial charge in [0.15, 0.2) is 9.84 Å². The molecular weight excluding hydrogens is 270 g/mol. The lowest BCUT2D eigenvalue weighted by molar-refractivity contribution is 0.00767. The summed E-state index contributed by atoms with van der Waals surface area (Å²) in [5.41, 5.74) is 0.250. The van der Waals surface area contributed by atoms with E-state index < -0.39 is 9.84 Å². The molecule has 20 heavy (non-hydrogen) atoms. The summed E-state index contributed by atoms with van der Waals surface area (Å²) in [5, 5.41) is -0.0777. The molecule has 0 unspecified atom stereocenters. The lowest BCUT2D eigenvalue weighted by Crippen LogP contribution is -2.74. The average Bonchev–Trinajstić information content (AvgIpc) is 2.37. The topological polar surface area (TPSA) is 37.4 Å². The molecule has 1 aliphatic carbocycles. The summed E-state index contributed by atoms with van der Waals surface area (Å²) in [7, 11) is -2.82. The fourth-order valence-corrected chi connectivity index (χ4v) is 7.43. The molecule has 2 aliphatic heterocycles. The summed E-state index contributed by atoms with van der Waals surface area (Å²) in [6.45, 7) is 9.02. The largest absolute Gasteiger partial charge is 0.295 e. The van der Waals surface area contributed by atoms with E-state index in [0.29, 0.717) is 11.7 Å². The summed E-state index contributed by atoms with van der Waals surface area (Å²) in [6.07, 6.45) is 7.00. The first-order chi connectivity index (χ1) is 9.26. The van der Waals surface area contributed by atoms with Crippen molar-refractivity contribution >= 4 is 9.84 Å². The predicted molar refractivity (Wildman–Crippen MR) is 82.5 cm³/mol. The van der Waals surface area contributed by atoms with Crippen LogP contribution in [0, 0.1) is 11.3 Å². The van der Waals surface area contributed by atoms with Crippen LogP contribution in [0.5, 0.6) is 0 Å². The van der Waals surface area contributed by atoms with Crippen LogP contribution in [-0.2, 0) is 9.84 Å². The lowest BCUT2D eigenvalue weighted by Gasteiger charge is -2.60. The van der Waals surface area contributed by atoms with Gasteiger partial charge in [0.25, 0.3) is 0 Å². The van der Waals surface area contributed by atoms with Gasteiger partial charge in [0.05, 0.1) is 16.5 Å². The Bertz CT molecular complexity index is 473. The minimum Gasteiger partial charge on any atom is -0.295 e. The first-order valence-corrected chi connectivity index (χ1v) is 9.94. The van der Waals surface area contributed by atoms with Crippen molar-refractivity contribution in [1.82, 2.24) is 4.90 Å². The highest BCUT2D eigenvalue weighted by Gasteiger charge is 2.63. The molecule has 2 saturated heterocycles. The fraction of sp³-hybridized carbons (Fsp3) is 1.00. The van der Waals surface area contributed by atoms with E-state index in [0.717, 1.165) is 25.9 Å². The normalized spacial score (nSPS) is 41.8. The maximum Gasteiger partial charge on any atom is 0.156 e. The monoisotopic (exact) mass is 299 g/mol. The van der Waals surface area contributed by atoms with Gasteiger partial charge in [0, 0.05) is 0 Å². The average molecular weight is 299 g/mol. The van der Waals surface area contributed by atoms with Gasteiger partial charge in [-0.25, -0.2) is 8.42 Å². The number of piperidine rings is 1. The standard InChI is InChI=1S/C16H29NO2S/c1-15(2,3)13-7-8-16(17-9-5-4-6-10-17)12-20(18,19)14(16)11-13/h13-14H,4-12H2,1-3H3/t13-,14-,16+/m0/s1. The zero-order chi connectivity index (χ0) is 14.6. The molecule has 0 aromatic heterocycles. The van der Waals surface area contributed by atoms with Crippen LogP contribution in [0.4, 0.5) is 0 Å². The van der Waals surface area contributed by atoms with Crippen molar-refractivity contribution in [1.29, 1.82) is 0 Å². The summed E-state index contributed by atoms with van der Waals surface area (Å²) in [5.74, 6) is 0.988. The minimum atomic E-state index is -2.82. The van der Waals surface area contributed by atoms with Crippen molar-refractivity contribution in [2.24, 2.45) is 11.3 Å². The molecule has 0 bridgehead atoms. The first-order valence-electron chi connectivity index (χ1n) is 8.22. The van der Waals surface area contributed by atoms with Gasteiger partial charge >= 0.3 is 0 Å². The van der Waals surface area contributed by atoms with Crippen molar-refractivity contribution in [3.8, 4) is 0 Å². The van der Waals surface area contributed by atoms with Crippen LogP contribution in [0.1, 0.15) is 59.3 Å². The summed E-state index contributed by atoms with van der Waals surface area (Å²) in [6, 6.07) is 0. The zero-order valence-electron chi connectivity index (χ0n) is 13.2. The maximum atomic E-state index is 12.3. The molecule has 3 rings (SSSR count). The SMILES string of the molecule is CC(C)(C)[C@H]1CC[C@@]2(N3CCCCC3)CS(=O)(=O)[C@H]2C1. The van der Waals surface area contributed by atoms with E-state index in [4.69, 9.17) is 0 Å². The van der Waals surface area contributed by atoms with Crippen molar-refractivity contribution < 1.29 is 8.42 Å². The van der Waals surface area contributed by atoms with Gasteiger partial charge in [0.1, 0.15) is 0 Å². The second-order valence-corrected chi connectivity index (χ2v) is 10.5. The Morgan fingerprint density at radius 3 is 2.30 bits per heavy atom. The Labute approximate surface area is 124 Å². The molecule has 3 aliphatic rings. The summed E-state index contributed by atoms with van der Waals surface area (Å²) in [4.78, 5) is 2.54. The molecule has 2 heterocycles. The van der Waals surface area contributed by atoms with Crippen LogP contribution in [0.15, 0.2) is 0 Å². The molecule has 116 valence electrons. The molecule has 1 saturated carbocycles. The fourth-order valence-electron chi connectivity index (χ4n) is 4.76. The van der Waals surface area contributed by atoms with Crippen LogP contribution in [0.25, 0.3) is 0 Å². The number of fused-ring (bicyclic) bond motifs is 1. The van der Waals surface area contributed by atoms with Crippen LogP contribution in [0.3, 0.4) is 0 Å². The highest BCUT2D eigenvalue weighted by atomic mass is 32.2. The molecule has 0 aromatic rings. The van der Waals surface area contributed by atoms with E-state index in [1.807, 2.05) is 0 Å². The molecule has 0 aromatic carbocycles. The van der Waals surface area contributed by atoms with Crippen molar-refractivity contribution in [3.63, 3.8) is 0 Å². The van der Waals surface area contributed by atoms with E-state index >= 15 is 0 Å².